The smallest absolute Gasteiger partial charge is 0.194 e. The first-order valence-corrected chi connectivity index (χ1v) is 13.5. The van der Waals surface area contributed by atoms with E-state index in [9.17, 15) is 13.2 Å². The van der Waals surface area contributed by atoms with Crippen LogP contribution in [-0.4, -0.2) is 57.4 Å². The van der Waals surface area contributed by atoms with Gasteiger partial charge in [-0.2, -0.15) is 0 Å². The Morgan fingerprint density at radius 3 is 2.56 bits per heavy atom. The lowest BCUT2D eigenvalue weighted by Gasteiger charge is -2.30. The molecule has 39 heavy (non-hydrogen) atoms. The highest BCUT2D eigenvalue weighted by molar-refractivity contribution is 9.10. The molecule has 3 rings (SSSR count). The standard InChI is InChI=1S/C25H30BrF3N6O3S/c1-3-36-6-7-37-25(39-18-10-17(26)11-32-12-18)22(38-15-23-33-4-5-34(23)2)14-35(31)13-21(30)16-8-19(27)24(29)20(28)9-16/h4-5,8-13,22,25H,3,6-7,14-15,30-31H2,1-2H3/b21-13-/t22-,25?/m0/s1. The van der Waals surface area contributed by atoms with Gasteiger partial charge in [0.2, 0.25) is 0 Å². The van der Waals surface area contributed by atoms with Crippen molar-refractivity contribution >= 4 is 33.4 Å². The Hall–Kier alpha value is -2.62. The van der Waals surface area contributed by atoms with Crippen molar-refractivity contribution in [3.8, 4) is 0 Å². The van der Waals surface area contributed by atoms with E-state index in [0.29, 0.717) is 19.0 Å². The Morgan fingerprint density at radius 1 is 1.18 bits per heavy atom. The highest BCUT2D eigenvalue weighted by atomic mass is 79.9. The van der Waals surface area contributed by atoms with Gasteiger partial charge in [-0.1, -0.05) is 11.8 Å². The molecule has 212 valence electrons. The van der Waals surface area contributed by atoms with Crippen LogP contribution in [0.5, 0.6) is 0 Å². The maximum Gasteiger partial charge on any atom is 0.194 e. The fourth-order valence-electron chi connectivity index (χ4n) is 3.35. The number of hydrazine groups is 1. The highest BCUT2D eigenvalue weighted by Crippen LogP contribution is 2.30. The van der Waals surface area contributed by atoms with Crippen LogP contribution in [0.15, 0.2) is 58.6 Å². The summed E-state index contributed by atoms with van der Waals surface area (Å²) in [6.45, 7) is 3.30. The number of thioether (sulfide) groups is 1. The summed E-state index contributed by atoms with van der Waals surface area (Å²) in [5.41, 5.74) is 5.31. The number of aryl methyl sites for hydroxylation is 1. The molecule has 0 saturated heterocycles. The van der Waals surface area contributed by atoms with Gasteiger partial charge in [-0.3, -0.25) is 4.98 Å². The number of hydrogen-bond donors (Lipinski definition) is 2. The minimum Gasteiger partial charge on any atom is -0.397 e. The normalized spacial score (nSPS) is 13.5. The van der Waals surface area contributed by atoms with Crippen molar-refractivity contribution in [1.29, 1.82) is 0 Å². The molecule has 0 aliphatic rings. The van der Waals surface area contributed by atoms with Gasteiger partial charge in [0.15, 0.2) is 17.5 Å². The summed E-state index contributed by atoms with van der Waals surface area (Å²) in [4.78, 5) is 9.32. The number of pyridine rings is 1. The predicted octanol–water partition coefficient (Wildman–Crippen LogP) is 4.18. The van der Waals surface area contributed by atoms with E-state index in [1.165, 1.54) is 23.0 Å². The second-order valence-electron chi connectivity index (χ2n) is 8.23. The third-order valence-electron chi connectivity index (χ3n) is 5.31. The Bertz CT molecular complexity index is 1230. The maximum atomic E-state index is 13.7. The zero-order valence-electron chi connectivity index (χ0n) is 21.4. The fourth-order valence-corrected chi connectivity index (χ4v) is 4.93. The van der Waals surface area contributed by atoms with E-state index in [4.69, 9.17) is 25.8 Å². The van der Waals surface area contributed by atoms with Crippen LogP contribution in [0.25, 0.3) is 5.70 Å². The molecule has 4 N–H and O–H groups in total. The van der Waals surface area contributed by atoms with Crippen LogP contribution >= 0.6 is 27.7 Å². The van der Waals surface area contributed by atoms with Crippen molar-refractivity contribution in [3.63, 3.8) is 0 Å². The van der Waals surface area contributed by atoms with E-state index in [2.05, 4.69) is 25.9 Å². The van der Waals surface area contributed by atoms with E-state index in [-0.39, 0.29) is 31.0 Å². The van der Waals surface area contributed by atoms with Gasteiger partial charge >= 0.3 is 0 Å². The number of ether oxygens (including phenoxy) is 3. The number of nitrogens with zero attached hydrogens (tertiary/aromatic N) is 4. The molecule has 0 amide bonds. The van der Waals surface area contributed by atoms with Gasteiger partial charge in [-0.25, -0.2) is 24.0 Å². The minimum atomic E-state index is -1.58. The van der Waals surface area contributed by atoms with Gasteiger partial charge in [0, 0.05) is 59.6 Å². The molecule has 0 radical (unpaired) electrons. The number of imidazole rings is 1. The summed E-state index contributed by atoms with van der Waals surface area (Å²) in [6.07, 6.45) is 7.45. The molecule has 14 heteroatoms. The molecule has 2 aromatic heterocycles. The minimum absolute atomic E-state index is 0.0605. The molecule has 0 aliphatic heterocycles. The third-order valence-corrected chi connectivity index (χ3v) is 6.91. The highest BCUT2D eigenvalue weighted by Gasteiger charge is 2.27. The van der Waals surface area contributed by atoms with E-state index in [1.807, 2.05) is 24.6 Å². The summed E-state index contributed by atoms with van der Waals surface area (Å²) in [7, 11) is 1.85. The summed E-state index contributed by atoms with van der Waals surface area (Å²) in [6, 6.07) is 3.48. The van der Waals surface area contributed by atoms with Crippen LogP contribution in [0.4, 0.5) is 13.2 Å². The first kappa shape index (κ1) is 30.9. The van der Waals surface area contributed by atoms with E-state index >= 15 is 0 Å². The van der Waals surface area contributed by atoms with Crippen LogP contribution in [0.1, 0.15) is 18.3 Å². The number of nitrogens with two attached hydrogens (primary N) is 2. The number of hydrogen-bond acceptors (Lipinski definition) is 9. The molecular weight excluding hydrogens is 601 g/mol. The number of halogens is 4. The monoisotopic (exact) mass is 630 g/mol. The summed E-state index contributed by atoms with van der Waals surface area (Å²) in [5, 5.41) is 1.22. The second kappa shape index (κ2) is 15.2. The first-order chi connectivity index (χ1) is 18.7. The second-order valence-corrected chi connectivity index (χ2v) is 10.3. The fraction of sp³-hybridized carbons (Fsp3) is 0.360. The van der Waals surface area contributed by atoms with Gasteiger partial charge in [0.05, 0.1) is 25.5 Å². The van der Waals surface area contributed by atoms with Crippen molar-refractivity contribution < 1.29 is 27.4 Å². The van der Waals surface area contributed by atoms with E-state index < -0.39 is 29.0 Å². The van der Waals surface area contributed by atoms with Crippen molar-refractivity contribution in [2.24, 2.45) is 18.6 Å². The number of benzene rings is 1. The van der Waals surface area contributed by atoms with Crippen molar-refractivity contribution in [3.05, 3.63) is 82.5 Å². The summed E-state index contributed by atoms with van der Waals surface area (Å²) in [5.74, 6) is 2.62. The molecule has 0 spiro atoms. The molecule has 3 aromatic rings. The van der Waals surface area contributed by atoms with Crippen LogP contribution in [0, 0.1) is 17.5 Å². The van der Waals surface area contributed by atoms with Gasteiger partial charge < -0.3 is 29.5 Å². The lowest BCUT2D eigenvalue weighted by Crippen LogP contribution is -2.42. The van der Waals surface area contributed by atoms with Gasteiger partial charge in [-0.05, 0) is 41.1 Å². The molecule has 9 nitrogen and oxygen atoms in total. The molecular formula is C25H30BrF3N6O3S. The van der Waals surface area contributed by atoms with Crippen LogP contribution < -0.4 is 11.6 Å². The summed E-state index contributed by atoms with van der Waals surface area (Å²) >= 11 is 4.80. The van der Waals surface area contributed by atoms with Crippen LogP contribution in [-0.2, 0) is 27.9 Å². The topological polar surface area (TPSA) is 114 Å². The molecule has 0 bridgehead atoms. The summed E-state index contributed by atoms with van der Waals surface area (Å²) < 4.78 is 61.2. The molecule has 2 atom stereocenters. The Kier molecular flexibility index (Phi) is 12.1. The quantitative estimate of drug-likeness (QED) is 0.0637. The molecule has 2 heterocycles. The maximum absolute atomic E-state index is 13.7. The van der Waals surface area contributed by atoms with Crippen molar-refractivity contribution in [1.82, 2.24) is 19.5 Å². The molecule has 0 saturated carbocycles. The van der Waals surface area contributed by atoms with Gasteiger partial charge in [0.25, 0.3) is 0 Å². The number of aromatic nitrogens is 3. The first-order valence-electron chi connectivity index (χ1n) is 11.9. The third kappa shape index (κ3) is 9.51. The lowest BCUT2D eigenvalue weighted by atomic mass is 10.1. The largest absolute Gasteiger partial charge is 0.397 e. The molecule has 0 fully saturated rings. The molecule has 0 aliphatic carbocycles. The molecule has 1 unspecified atom stereocenters. The lowest BCUT2D eigenvalue weighted by molar-refractivity contribution is -0.0623. The van der Waals surface area contributed by atoms with Gasteiger partial charge in [-0.15, -0.1) is 0 Å². The Balaban J connectivity index is 1.85. The molecule has 1 aromatic carbocycles. The van der Waals surface area contributed by atoms with Crippen LogP contribution in [0.3, 0.4) is 0 Å². The van der Waals surface area contributed by atoms with Gasteiger partial charge in [0.1, 0.15) is 24.0 Å². The van der Waals surface area contributed by atoms with E-state index in [1.54, 1.807) is 24.8 Å². The SMILES string of the molecule is CCOCCOC(Sc1cncc(Br)c1)[C@H](CN(N)/C=C(\N)c1cc(F)c(F)c(F)c1)OCc1nccn1C. The predicted molar refractivity (Wildman–Crippen MR) is 145 cm³/mol. The number of rotatable bonds is 15. The van der Waals surface area contributed by atoms with Crippen LogP contribution in [0.2, 0.25) is 0 Å². The average Bonchev–Trinajstić information content (AvgIpc) is 3.31. The van der Waals surface area contributed by atoms with Crippen molar-refractivity contribution in [2.45, 2.75) is 30.0 Å². The average molecular weight is 632 g/mol. The van der Waals surface area contributed by atoms with E-state index in [0.717, 1.165) is 21.5 Å². The zero-order valence-corrected chi connectivity index (χ0v) is 23.8. The Labute approximate surface area is 237 Å². The van der Waals surface area contributed by atoms with Crippen molar-refractivity contribution in [2.75, 3.05) is 26.4 Å². The zero-order chi connectivity index (χ0) is 28.4. The Morgan fingerprint density at radius 2 is 1.92 bits per heavy atom.